The van der Waals surface area contributed by atoms with Gasteiger partial charge in [0.2, 0.25) is 11.7 Å². The molecule has 1 aliphatic heterocycles. The number of alkyl halides is 3. The van der Waals surface area contributed by atoms with E-state index in [4.69, 9.17) is 15.9 Å². The Kier molecular flexibility index (Phi) is 9.13. The third-order valence-corrected chi connectivity index (χ3v) is 5.72. The first-order valence-electron chi connectivity index (χ1n) is 11.4. The molecule has 0 unspecified atom stereocenters. The molecule has 0 spiro atoms. The number of amides is 1. The third-order valence-electron chi connectivity index (χ3n) is 5.72. The van der Waals surface area contributed by atoms with Gasteiger partial charge in [0.15, 0.2) is 17.5 Å². The van der Waals surface area contributed by atoms with Gasteiger partial charge in [0.25, 0.3) is 0 Å². The summed E-state index contributed by atoms with van der Waals surface area (Å²) in [5, 5.41) is 23.6. The van der Waals surface area contributed by atoms with Crippen LogP contribution in [0.5, 0.6) is 0 Å². The zero-order chi connectivity index (χ0) is 29.8. The molecule has 0 fully saturated rings. The first-order chi connectivity index (χ1) is 18.7. The fourth-order valence-corrected chi connectivity index (χ4v) is 3.79. The molecule has 4 N–H and O–H groups in total. The average molecular weight is 573 g/mol. The maximum absolute atomic E-state index is 13.7. The number of carboxylic acids is 2. The van der Waals surface area contributed by atoms with Gasteiger partial charge in [-0.1, -0.05) is 6.07 Å². The highest BCUT2D eigenvalue weighted by Crippen LogP contribution is 2.29. The van der Waals surface area contributed by atoms with Crippen molar-refractivity contribution in [2.24, 2.45) is 5.73 Å². The predicted octanol–water partition coefficient (Wildman–Crippen LogP) is 3.10. The van der Waals surface area contributed by atoms with Crippen LogP contribution in [-0.2, 0) is 30.5 Å². The average Bonchev–Trinajstić information content (AvgIpc) is 3.32. The fourth-order valence-electron chi connectivity index (χ4n) is 3.79. The summed E-state index contributed by atoms with van der Waals surface area (Å²) in [5.41, 5.74) is 5.60. The lowest BCUT2D eigenvalue weighted by Crippen LogP contribution is -2.42. The van der Waals surface area contributed by atoms with Gasteiger partial charge in [0.05, 0.1) is 17.7 Å². The van der Waals surface area contributed by atoms with Crippen LogP contribution in [0.25, 0.3) is 0 Å². The zero-order valence-corrected chi connectivity index (χ0v) is 20.3. The molecule has 16 heteroatoms. The molecule has 2 aromatic carbocycles. The molecule has 2 heterocycles. The molecule has 1 aromatic heterocycles. The number of carbonyl (C=O) groups is 3. The molecule has 40 heavy (non-hydrogen) atoms. The minimum atomic E-state index is -4.64. The van der Waals surface area contributed by atoms with Crippen molar-refractivity contribution in [1.82, 2.24) is 19.7 Å². The summed E-state index contributed by atoms with van der Waals surface area (Å²) in [6.45, 7) is -0.302. The highest BCUT2D eigenvalue weighted by molar-refractivity contribution is 5.93. The molecule has 1 amide bonds. The summed E-state index contributed by atoms with van der Waals surface area (Å²) in [6.07, 6.45) is -5.11. The van der Waals surface area contributed by atoms with Crippen LogP contribution >= 0.6 is 0 Å². The second kappa shape index (κ2) is 12.1. The van der Waals surface area contributed by atoms with Crippen LogP contribution in [0.15, 0.2) is 36.4 Å². The molecule has 0 bridgehead atoms. The lowest BCUT2D eigenvalue weighted by molar-refractivity contribution is -0.148. The third kappa shape index (κ3) is 7.34. The van der Waals surface area contributed by atoms with Crippen molar-refractivity contribution in [3.63, 3.8) is 0 Å². The standard InChI is InChI=1S/C16H15F6N5O.C8H6O4/c17-10-6-12(19)11(18)4-8(10)3-9(23)5-14(28)26-1-2-27-13(7-26)24-25-15(27)16(20,21)22;9-7(10)5-2-1-3-6(4-5)8(11)12/h4,6,9H,1-3,5,7,23H2;1-4H,(H,9,10)(H,11,12)/t9-;/m1./s1. The number of halogens is 6. The van der Waals surface area contributed by atoms with Crippen LogP contribution in [0.3, 0.4) is 0 Å². The second-order valence-corrected chi connectivity index (χ2v) is 8.62. The van der Waals surface area contributed by atoms with Crippen molar-refractivity contribution in [3.05, 3.63) is 82.2 Å². The van der Waals surface area contributed by atoms with Crippen molar-refractivity contribution in [3.8, 4) is 0 Å². The fraction of sp³-hybridized carbons (Fsp3) is 0.292. The van der Waals surface area contributed by atoms with E-state index in [0.29, 0.717) is 12.1 Å². The SMILES string of the molecule is N[C@@H](CC(=O)N1CCn2c(nnc2C(F)(F)F)C1)Cc1cc(F)c(F)cc1F.O=C(O)c1cccc(C(=O)O)c1. The van der Waals surface area contributed by atoms with Gasteiger partial charge in [0, 0.05) is 31.6 Å². The van der Waals surface area contributed by atoms with Gasteiger partial charge in [-0.05, 0) is 36.2 Å². The number of hydrogen-bond acceptors (Lipinski definition) is 6. The van der Waals surface area contributed by atoms with E-state index in [0.717, 1.165) is 10.6 Å². The molecule has 1 atom stereocenters. The normalized spacial score (nSPS) is 13.6. The maximum atomic E-state index is 13.7. The highest BCUT2D eigenvalue weighted by atomic mass is 19.4. The molecular weight excluding hydrogens is 552 g/mol. The van der Waals surface area contributed by atoms with Crippen molar-refractivity contribution in [1.29, 1.82) is 0 Å². The number of rotatable bonds is 6. The van der Waals surface area contributed by atoms with Gasteiger partial charge in [-0.25, -0.2) is 22.8 Å². The number of benzene rings is 2. The molecule has 0 saturated carbocycles. The van der Waals surface area contributed by atoms with E-state index in [1.165, 1.54) is 23.1 Å². The number of hydrogen-bond donors (Lipinski definition) is 3. The Hall–Kier alpha value is -4.47. The minimum Gasteiger partial charge on any atom is -0.478 e. The number of aromatic nitrogens is 3. The van der Waals surface area contributed by atoms with Crippen molar-refractivity contribution >= 4 is 17.8 Å². The lowest BCUT2D eigenvalue weighted by Gasteiger charge is -2.29. The van der Waals surface area contributed by atoms with Gasteiger partial charge in [-0.15, -0.1) is 10.2 Å². The Bertz CT molecular complexity index is 1400. The molecule has 10 nitrogen and oxygen atoms in total. The minimum absolute atomic E-state index is 0.000783. The summed E-state index contributed by atoms with van der Waals surface area (Å²) in [4.78, 5) is 34.4. The van der Waals surface area contributed by atoms with Crippen LogP contribution in [0.4, 0.5) is 26.3 Å². The Morgan fingerprint density at radius 2 is 1.52 bits per heavy atom. The Morgan fingerprint density at radius 1 is 0.925 bits per heavy atom. The van der Waals surface area contributed by atoms with Crippen LogP contribution < -0.4 is 5.73 Å². The van der Waals surface area contributed by atoms with E-state index in [2.05, 4.69) is 10.2 Å². The predicted molar refractivity (Wildman–Crippen MR) is 123 cm³/mol. The van der Waals surface area contributed by atoms with Crippen LogP contribution in [0.1, 0.15) is 44.3 Å². The topological polar surface area (TPSA) is 152 Å². The van der Waals surface area contributed by atoms with Gasteiger partial charge in [-0.2, -0.15) is 13.2 Å². The number of carboxylic acid groups (broad SMARTS) is 2. The first kappa shape index (κ1) is 30.1. The number of aromatic carboxylic acids is 2. The lowest BCUT2D eigenvalue weighted by atomic mass is 10.0. The molecule has 4 rings (SSSR count). The molecular formula is C24H21F6N5O5. The summed E-state index contributed by atoms with van der Waals surface area (Å²) in [7, 11) is 0. The Labute approximate surface area is 221 Å². The van der Waals surface area contributed by atoms with Gasteiger partial charge < -0.3 is 25.4 Å². The molecule has 214 valence electrons. The number of nitrogens with zero attached hydrogens (tertiary/aromatic N) is 4. The van der Waals surface area contributed by atoms with E-state index in [9.17, 15) is 40.7 Å². The molecule has 0 radical (unpaired) electrons. The summed E-state index contributed by atoms with van der Waals surface area (Å²) in [5.74, 6) is -7.40. The van der Waals surface area contributed by atoms with E-state index >= 15 is 0 Å². The zero-order valence-electron chi connectivity index (χ0n) is 20.3. The van der Waals surface area contributed by atoms with E-state index < -0.39 is 53.3 Å². The van der Waals surface area contributed by atoms with Crippen LogP contribution in [0.2, 0.25) is 0 Å². The van der Waals surface area contributed by atoms with E-state index in [1.54, 1.807) is 0 Å². The van der Waals surface area contributed by atoms with Crippen molar-refractivity contribution < 1.29 is 50.9 Å². The molecule has 3 aromatic rings. The van der Waals surface area contributed by atoms with E-state index in [1.807, 2.05) is 0 Å². The summed E-state index contributed by atoms with van der Waals surface area (Å²) < 4.78 is 79.3. The van der Waals surface area contributed by atoms with Crippen molar-refractivity contribution in [2.75, 3.05) is 6.54 Å². The highest BCUT2D eigenvalue weighted by Gasteiger charge is 2.40. The largest absolute Gasteiger partial charge is 0.478 e. The Morgan fingerprint density at radius 3 is 2.10 bits per heavy atom. The number of fused-ring (bicyclic) bond motifs is 1. The maximum Gasteiger partial charge on any atom is 0.451 e. The van der Waals surface area contributed by atoms with Crippen LogP contribution in [0, 0.1) is 17.5 Å². The van der Waals surface area contributed by atoms with Gasteiger partial charge >= 0.3 is 18.1 Å². The van der Waals surface area contributed by atoms with Crippen molar-refractivity contribution in [2.45, 2.75) is 38.1 Å². The molecule has 0 aliphatic carbocycles. The number of nitrogens with two attached hydrogens (primary N) is 1. The second-order valence-electron chi connectivity index (χ2n) is 8.62. The summed E-state index contributed by atoms with van der Waals surface area (Å²) >= 11 is 0. The summed E-state index contributed by atoms with van der Waals surface area (Å²) in [6, 6.07) is 5.38. The van der Waals surface area contributed by atoms with Crippen LogP contribution in [-0.4, -0.2) is 60.3 Å². The monoisotopic (exact) mass is 573 g/mol. The molecule has 0 saturated heterocycles. The van der Waals surface area contributed by atoms with Gasteiger partial charge in [0.1, 0.15) is 5.82 Å². The van der Waals surface area contributed by atoms with E-state index in [-0.39, 0.29) is 55.0 Å². The van der Waals surface area contributed by atoms with Gasteiger partial charge in [-0.3, -0.25) is 4.79 Å². The smallest absolute Gasteiger partial charge is 0.451 e. The Balaban J connectivity index is 0.000000307. The molecule has 1 aliphatic rings. The first-order valence-corrected chi connectivity index (χ1v) is 11.4. The number of carbonyl (C=O) groups excluding carboxylic acids is 1. The quantitative estimate of drug-likeness (QED) is 0.301.